The van der Waals surface area contributed by atoms with Gasteiger partial charge in [0.1, 0.15) is 0 Å². The van der Waals surface area contributed by atoms with E-state index in [2.05, 4.69) is 9.97 Å². The Kier molecular flexibility index (Phi) is 1.85. The van der Waals surface area contributed by atoms with Crippen LogP contribution in [0, 0.1) is 0 Å². The molecule has 0 aliphatic carbocycles. The summed E-state index contributed by atoms with van der Waals surface area (Å²) in [5, 5.41) is 0. The summed E-state index contributed by atoms with van der Waals surface area (Å²) >= 11 is 0. The molecule has 5 heteroatoms. The molecule has 5 nitrogen and oxygen atoms in total. The standard InChI is InChI=1S/C9H7N3O2/c1-6-5-7(13)12(8(6)14)9-10-3-2-4-11-9/h2-5H,1H3. The van der Waals surface area contributed by atoms with E-state index in [-0.39, 0.29) is 11.9 Å². The lowest BCUT2D eigenvalue weighted by Crippen LogP contribution is -2.32. The third-order valence-corrected chi connectivity index (χ3v) is 1.85. The van der Waals surface area contributed by atoms with Crippen LogP contribution in [0.25, 0.3) is 0 Å². The van der Waals surface area contributed by atoms with Crippen molar-refractivity contribution < 1.29 is 9.59 Å². The van der Waals surface area contributed by atoms with Gasteiger partial charge in [-0.3, -0.25) is 9.59 Å². The van der Waals surface area contributed by atoms with E-state index < -0.39 is 5.91 Å². The van der Waals surface area contributed by atoms with Crippen molar-refractivity contribution in [3.8, 4) is 0 Å². The minimum Gasteiger partial charge on any atom is -0.269 e. The molecule has 0 bridgehead atoms. The molecule has 70 valence electrons. The molecule has 0 saturated carbocycles. The summed E-state index contributed by atoms with van der Waals surface area (Å²) in [6, 6.07) is 1.62. The maximum absolute atomic E-state index is 11.5. The van der Waals surface area contributed by atoms with Crippen LogP contribution in [0.4, 0.5) is 5.95 Å². The van der Waals surface area contributed by atoms with Gasteiger partial charge in [0, 0.05) is 24.0 Å². The number of hydrogen-bond donors (Lipinski definition) is 0. The molecule has 0 aromatic carbocycles. The molecule has 1 aliphatic rings. The van der Waals surface area contributed by atoms with Gasteiger partial charge < -0.3 is 0 Å². The van der Waals surface area contributed by atoms with Crippen molar-refractivity contribution in [2.75, 3.05) is 4.90 Å². The predicted molar refractivity (Wildman–Crippen MR) is 48.3 cm³/mol. The zero-order valence-electron chi connectivity index (χ0n) is 7.47. The molecule has 0 spiro atoms. The average molecular weight is 189 g/mol. The molecule has 1 aromatic rings. The van der Waals surface area contributed by atoms with Gasteiger partial charge in [-0.1, -0.05) is 0 Å². The van der Waals surface area contributed by atoms with Gasteiger partial charge in [-0.05, 0) is 13.0 Å². The number of aromatic nitrogens is 2. The summed E-state index contributed by atoms with van der Waals surface area (Å²) in [6.07, 6.45) is 4.24. The molecule has 0 atom stereocenters. The number of carbonyl (C=O) groups is 2. The quantitative estimate of drug-likeness (QED) is 0.596. The van der Waals surface area contributed by atoms with Crippen molar-refractivity contribution in [2.24, 2.45) is 0 Å². The lowest BCUT2D eigenvalue weighted by molar-refractivity contribution is -0.120. The van der Waals surface area contributed by atoms with Crippen molar-refractivity contribution in [3.63, 3.8) is 0 Å². The molecular weight excluding hydrogens is 182 g/mol. The number of nitrogens with zero attached hydrogens (tertiary/aromatic N) is 3. The molecule has 0 N–H and O–H groups in total. The molecule has 2 amide bonds. The highest BCUT2D eigenvalue weighted by molar-refractivity contribution is 6.29. The van der Waals surface area contributed by atoms with Gasteiger partial charge in [-0.25, -0.2) is 14.9 Å². The van der Waals surface area contributed by atoms with Gasteiger partial charge in [-0.2, -0.15) is 0 Å². The van der Waals surface area contributed by atoms with Crippen LogP contribution >= 0.6 is 0 Å². The van der Waals surface area contributed by atoms with E-state index in [1.165, 1.54) is 18.5 Å². The Morgan fingerprint density at radius 2 is 1.86 bits per heavy atom. The largest absolute Gasteiger partial charge is 0.269 e. The fourth-order valence-corrected chi connectivity index (χ4v) is 1.18. The van der Waals surface area contributed by atoms with E-state index in [1.807, 2.05) is 0 Å². The zero-order chi connectivity index (χ0) is 10.1. The first kappa shape index (κ1) is 8.55. The van der Waals surface area contributed by atoms with Gasteiger partial charge in [0.15, 0.2) is 0 Å². The second-order valence-corrected chi connectivity index (χ2v) is 2.85. The normalized spacial score (nSPS) is 16.1. The van der Waals surface area contributed by atoms with E-state index in [9.17, 15) is 9.59 Å². The van der Waals surface area contributed by atoms with Gasteiger partial charge >= 0.3 is 0 Å². The summed E-state index contributed by atoms with van der Waals surface area (Å²) in [4.78, 5) is 31.4. The van der Waals surface area contributed by atoms with Crippen LogP contribution in [0.2, 0.25) is 0 Å². The van der Waals surface area contributed by atoms with Crippen LogP contribution in [-0.2, 0) is 9.59 Å². The summed E-state index contributed by atoms with van der Waals surface area (Å²) in [5.74, 6) is -0.629. The highest BCUT2D eigenvalue weighted by atomic mass is 16.2. The van der Waals surface area contributed by atoms with E-state index >= 15 is 0 Å². The van der Waals surface area contributed by atoms with Crippen molar-refractivity contribution in [1.29, 1.82) is 0 Å². The zero-order valence-corrected chi connectivity index (χ0v) is 7.47. The molecule has 0 fully saturated rings. The Hall–Kier alpha value is -2.04. The van der Waals surface area contributed by atoms with Crippen molar-refractivity contribution >= 4 is 17.8 Å². The van der Waals surface area contributed by atoms with Gasteiger partial charge in [0.25, 0.3) is 11.8 Å². The van der Waals surface area contributed by atoms with Crippen molar-refractivity contribution in [1.82, 2.24) is 9.97 Å². The van der Waals surface area contributed by atoms with E-state index in [4.69, 9.17) is 0 Å². The van der Waals surface area contributed by atoms with Crippen molar-refractivity contribution in [2.45, 2.75) is 6.92 Å². The Bertz CT molecular complexity index is 425. The summed E-state index contributed by atoms with van der Waals surface area (Å²) < 4.78 is 0. The van der Waals surface area contributed by atoms with Gasteiger partial charge in [-0.15, -0.1) is 0 Å². The molecule has 14 heavy (non-hydrogen) atoms. The number of amides is 2. The fourth-order valence-electron chi connectivity index (χ4n) is 1.18. The van der Waals surface area contributed by atoms with E-state index in [0.29, 0.717) is 5.57 Å². The van der Waals surface area contributed by atoms with Crippen molar-refractivity contribution in [3.05, 3.63) is 30.1 Å². The first-order valence-electron chi connectivity index (χ1n) is 4.04. The number of rotatable bonds is 1. The van der Waals surface area contributed by atoms with Crippen LogP contribution in [0.3, 0.4) is 0 Å². The molecule has 1 aromatic heterocycles. The topological polar surface area (TPSA) is 63.2 Å². The fraction of sp³-hybridized carbons (Fsp3) is 0.111. The summed E-state index contributed by atoms with van der Waals surface area (Å²) in [6.45, 7) is 1.59. The first-order valence-corrected chi connectivity index (χ1v) is 4.04. The maximum atomic E-state index is 11.5. The maximum Gasteiger partial charge on any atom is 0.263 e. The molecule has 1 aliphatic heterocycles. The average Bonchev–Trinajstić information content (AvgIpc) is 2.43. The minimum atomic E-state index is -0.390. The summed E-state index contributed by atoms with van der Waals surface area (Å²) in [7, 11) is 0. The van der Waals surface area contributed by atoms with Crippen LogP contribution in [0.15, 0.2) is 30.1 Å². The Morgan fingerprint density at radius 3 is 2.36 bits per heavy atom. The molecule has 0 unspecified atom stereocenters. The lowest BCUT2D eigenvalue weighted by atomic mass is 10.3. The monoisotopic (exact) mass is 189 g/mol. The predicted octanol–water partition coefficient (Wildman–Crippen LogP) is 0.296. The number of imide groups is 1. The van der Waals surface area contributed by atoms with Crippen LogP contribution in [0.1, 0.15) is 6.92 Å². The first-order chi connectivity index (χ1) is 6.70. The molecule has 0 radical (unpaired) electrons. The van der Waals surface area contributed by atoms with Gasteiger partial charge in [0.05, 0.1) is 0 Å². The van der Waals surface area contributed by atoms with E-state index in [1.54, 1.807) is 13.0 Å². The molecule has 2 heterocycles. The second kappa shape index (κ2) is 3.02. The Morgan fingerprint density at radius 1 is 1.21 bits per heavy atom. The lowest BCUT2D eigenvalue weighted by Gasteiger charge is -2.10. The smallest absolute Gasteiger partial charge is 0.263 e. The highest BCUT2D eigenvalue weighted by Crippen LogP contribution is 2.16. The number of hydrogen-bond acceptors (Lipinski definition) is 4. The highest BCUT2D eigenvalue weighted by Gasteiger charge is 2.31. The second-order valence-electron chi connectivity index (χ2n) is 2.85. The number of carbonyl (C=O) groups excluding carboxylic acids is 2. The molecule has 2 rings (SSSR count). The number of anilines is 1. The van der Waals surface area contributed by atoms with Crippen LogP contribution in [0.5, 0.6) is 0 Å². The Balaban J connectivity index is 2.39. The van der Waals surface area contributed by atoms with Crippen LogP contribution in [-0.4, -0.2) is 21.8 Å². The SMILES string of the molecule is CC1=CC(=O)N(c2ncccn2)C1=O. The van der Waals surface area contributed by atoms with Gasteiger partial charge in [0.2, 0.25) is 5.95 Å². The summed E-state index contributed by atoms with van der Waals surface area (Å²) in [5.41, 5.74) is 0.405. The molecule has 0 saturated heterocycles. The Labute approximate surface area is 80.1 Å². The van der Waals surface area contributed by atoms with Crippen LogP contribution < -0.4 is 4.90 Å². The third-order valence-electron chi connectivity index (χ3n) is 1.85. The third kappa shape index (κ3) is 1.19. The minimum absolute atomic E-state index is 0.121. The molecular formula is C9H7N3O2. The van der Waals surface area contributed by atoms with E-state index in [0.717, 1.165) is 4.90 Å².